The Kier molecular flexibility index (Phi) is 5.07. The smallest absolute Gasteiger partial charge is 0.140 e. The highest BCUT2D eigenvalue weighted by atomic mass is 16.5. The van der Waals surface area contributed by atoms with Gasteiger partial charge < -0.3 is 9.64 Å². The first-order chi connectivity index (χ1) is 11.3. The van der Waals surface area contributed by atoms with Crippen LogP contribution >= 0.6 is 0 Å². The third kappa shape index (κ3) is 4.21. The van der Waals surface area contributed by atoms with E-state index < -0.39 is 0 Å². The van der Waals surface area contributed by atoms with Gasteiger partial charge in [0.05, 0.1) is 6.20 Å². The fraction of sp³-hybridized carbons (Fsp3) is 0.333. The van der Waals surface area contributed by atoms with Crippen LogP contribution < -0.4 is 9.64 Å². The largest absolute Gasteiger partial charge is 0.491 e. The average Bonchev–Trinajstić information content (AvgIpc) is 2.64. The molecule has 0 bridgehead atoms. The van der Waals surface area contributed by atoms with Gasteiger partial charge in [0.2, 0.25) is 0 Å². The molecular formula is C18H20N4O. The molecule has 0 spiro atoms. The quantitative estimate of drug-likeness (QED) is 0.847. The lowest BCUT2D eigenvalue weighted by Crippen LogP contribution is -2.47. The molecule has 0 unspecified atom stereocenters. The van der Waals surface area contributed by atoms with E-state index in [9.17, 15) is 0 Å². The summed E-state index contributed by atoms with van der Waals surface area (Å²) in [6.45, 7) is 5.72. The van der Waals surface area contributed by atoms with E-state index in [4.69, 9.17) is 10.00 Å². The Balaban J connectivity index is 1.40. The van der Waals surface area contributed by atoms with Crippen LogP contribution in [-0.4, -0.2) is 49.2 Å². The van der Waals surface area contributed by atoms with Crippen LogP contribution in [0.15, 0.2) is 48.7 Å². The molecule has 1 aromatic carbocycles. The Morgan fingerprint density at radius 2 is 1.83 bits per heavy atom. The highest BCUT2D eigenvalue weighted by Gasteiger charge is 2.16. The summed E-state index contributed by atoms with van der Waals surface area (Å²) < 4.78 is 5.69. The molecule has 0 N–H and O–H groups in total. The molecular weight excluding hydrogens is 288 g/mol. The van der Waals surface area contributed by atoms with Gasteiger partial charge in [0.25, 0.3) is 0 Å². The zero-order valence-electron chi connectivity index (χ0n) is 13.1. The van der Waals surface area contributed by atoms with Crippen molar-refractivity contribution in [2.75, 3.05) is 44.2 Å². The van der Waals surface area contributed by atoms with Crippen molar-refractivity contribution >= 4 is 5.69 Å². The van der Waals surface area contributed by atoms with Crippen LogP contribution in [0.25, 0.3) is 0 Å². The Labute approximate surface area is 136 Å². The highest BCUT2D eigenvalue weighted by Crippen LogP contribution is 2.15. The Morgan fingerprint density at radius 3 is 2.48 bits per heavy atom. The zero-order valence-corrected chi connectivity index (χ0v) is 13.1. The summed E-state index contributed by atoms with van der Waals surface area (Å²) in [6, 6.07) is 16.0. The Bertz CT molecular complexity index is 643. The van der Waals surface area contributed by atoms with Gasteiger partial charge in [-0.15, -0.1) is 0 Å². The van der Waals surface area contributed by atoms with Crippen molar-refractivity contribution in [3.05, 3.63) is 54.4 Å². The topological polar surface area (TPSA) is 52.4 Å². The number of rotatable bonds is 5. The molecule has 23 heavy (non-hydrogen) atoms. The minimum Gasteiger partial charge on any atom is -0.491 e. The zero-order chi connectivity index (χ0) is 15.9. The van der Waals surface area contributed by atoms with Crippen molar-refractivity contribution in [3.63, 3.8) is 0 Å². The van der Waals surface area contributed by atoms with Crippen LogP contribution in [0.4, 0.5) is 5.69 Å². The second-order valence-corrected chi connectivity index (χ2v) is 5.50. The molecule has 3 rings (SSSR count). The molecule has 2 heterocycles. The second kappa shape index (κ2) is 7.61. The van der Waals surface area contributed by atoms with Crippen molar-refractivity contribution in [2.45, 2.75) is 0 Å². The van der Waals surface area contributed by atoms with Gasteiger partial charge in [-0.05, 0) is 24.3 Å². The number of hydrogen-bond donors (Lipinski definition) is 0. The van der Waals surface area contributed by atoms with Gasteiger partial charge in [0, 0.05) is 38.4 Å². The third-order valence-corrected chi connectivity index (χ3v) is 4.02. The van der Waals surface area contributed by atoms with E-state index in [1.165, 1.54) is 5.69 Å². The third-order valence-electron chi connectivity index (χ3n) is 4.02. The summed E-state index contributed by atoms with van der Waals surface area (Å²) >= 11 is 0. The number of ether oxygens (including phenoxy) is 1. The molecule has 0 radical (unpaired) electrons. The summed E-state index contributed by atoms with van der Waals surface area (Å²) in [6.07, 6.45) is 1.60. The number of anilines is 1. The monoisotopic (exact) mass is 308 g/mol. The fourth-order valence-electron chi connectivity index (χ4n) is 2.69. The van der Waals surface area contributed by atoms with Crippen molar-refractivity contribution in [2.24, 2.45) is 0 Å². The summed E-state index contributed by atoms with van der Waals surface area (Å²) in [7, 11) is 0. The molecule has 5 nitrogen and oxygen atoms in total. The van der Waals surface area contributed by atoms with Crippen LogP contribution in [-0.2, 0) is 0 Å². The van der Waals surface area contributed by atoms with Crippen LogP contribution in [0.2, 0.25) is 0 Å². The molecule has 1 aliphatic heterocycles. The summed E-state index contributed by atoms with van der Waals surface area (Å²) in [5.41, 5.74) is 1.71. The van der Waals surface area contributed by atoms with Gasteiger partial charge >= 0.3 is 0 Å². The van der Waals surface area contributed by atoms with Gasteiger partial charge in [-0.3, -0.25) is 4.90 Å². The Hall–Kier alpha value is -2.58. The first-order valence-electron chi connectivity index (χ1n) is 7.86. The molecule has 2 aromatic rings. The molecule has 1 saturated heterocycles. The normalized spacial score (nSPS) is 15.2. The summed E-state index contributed by atoms with van der Waals surface area (Å²) in [4.78, 5) is 8.83. The lowest BCUT2D eigenvalue weighted by atomic mass is 10.2. The van der Waals surface area contributed by atoms with E-state index in [2.05, 4.69) is 45.1 Å². The van der Waals surface area contributed by atoms with Crippen LogP contribution in [0.5, 0.6) is 5.75 Å². The number of para-hydroxylation sites is 1. The van der Waals surface area contributed by atoms with Crippen LogP contribution in [0, 0.1) is 11.3 Å². The molecule has 1 fully saturated rings. The number of piperazine rings is 1. The standard InChI is InChI=1S/C18H20N4O/c19-14-16-6-7-18(15-20-16)23-13-12-21-8-10-22(11-9-21)17-4-2-1-3-5-17/h1-7,15H,8-13H2. The maximum absolute atomic E-state index is 8.71. The minimum atomic E-state index is 0.411. The molecule has 0 atom stereocenters. The van der Waals surface area contributed by atoms with E-state index in [0.717, 1.165) is 32.7 Å². The first-order valence-corrected chi connectivity index (χ1v) is 7.86. The van der Waals surface area contributed by atoms with E-state index in [0.29, 0.717) is 18.1 Å². The second-order valence-electron chi connectivity index (χ2n) is 5.50. The number of nitrogens with zero attached hydrogens (tertiary/aromatic N) is 4. The number of nitriles is 1. The van der Waals surface area contributed by atoms with Gasteiger partial charge in [0.1, 0.15) is 24.1 Å². The van der Waals surface area contributed by atoms with Crippen LogP contribution in [0.1, 0.15) is 5.69 Å². The maximum atomic E-state index is 8.71. The van der Waals surface area contributed by atoms with Crippen LogP contribution in [0.3, 0.4) is 0 Å². The predicted molar refractivity (Wildman–Crippen MR) is 89.5 cm³/mol. The van der Waals surface area contributed by atoms with E-state index in [1.807, 2.05) is 6.07 Å². The van der Waals surface area contributed by atoms with E-state index >= 15 is 0 Å². The minimum absolute atomic E-state index is 0.411. The fourth-order valence-corrected chi connectivity index (χ4v) is 2.69. The predicted octanol–water partition coefficient (Wildman–Crippen LogP) is 2.15. The molecule has 0 saturated carbocycles. The maximum Gasteiger partial charge on any atom is 0.140 e. The van der Waals surface area contributed by atoms with Crippen molar-refractivity contribution in [3.8, 4) is 11.8 Å². The molecule has 0 amide bonds. The number of aromatic nitrogens is 1. The summed E-state index contributed by atoms with van der Waals surface area (Å²) in [5, 5.41) is 8.71. The average molecular weight is 308 g/mol. The Morgan fingerprint density at radius 1 is 1.04 bits per heavy atom. The molecule has 1 aliphatic rings. The molecule has 5 heteroatoms. The number of benzene rings is 1. The molecule has 0 aliphatic carbocycles. The van der Waals surface area contributed by atoms with Gasteiger partial charge in [0.15, 0.2) is 0 Å². The van der Waals surface area contributed by atoms with E-state index in [-0.39, 0.29) is 0 Å². The van der Waals surface area contributed by atoms with E-state index in [1.54, 1.807) is 18.3 Å². The first kappa shape index (κ1) is 15.3. The number of pyridine rings is 1. The van der Waals surface area contributed by atoms with Gasteiger partial charge in [-0.1, -0.05) is 18.2 Å². The number of hydrogen-bond acceptors (Lipinski definition) is 5. The van der Waals surface area contributed by atoms with Gasteiger partial charge in [-0.25, -0.2) is 4.98 Å². The lowest BCUT2D eigenvalue weighted by Gasteiger charge is -2.36. The van der Waals surface area contributed by atoms with Gasteiger partial charge in [-0.2, -0.15) is 5.26 Å². The van der Waals surface area contributed by atoms with Crippen molar-refractivity contribution < 1.29 is 4.74 Å². The lowest BCUT2D eigenvalue weighted by molar-refractivity contribution is 0.200. The van der Waals surface area contributed by atoms with Crippen molar-refractivity contribution in [1.29, 1.82) is 5.26 Å². The SMILES string of the molecule is N#Cc1ccc(OCCN2CCN(c3ccccc3)CC2)cn1. The highest BCUT2D eigenvalue weighted by molar-refractivity contribution is 5.46. The molecule has 1 aromatic heterocycles. The van der Waals surface area contributed by atoms with Crippen molar-refractivity contribution in [1.82, 2.24) is 9.88 Å². The summed E-state index contributed by atoms with van der Waals surface area (Å²) in [5.74, 6) is 0.715. The molecule has 118 valence electrons.